The van der Waals surface area contributed by atoms with Crippen LogP contribution in [-0.2, 0) is 6.42 Å². The van der Waals surface area contributed by atoms with E-state index in [0.717, 1.165) is 29.5 Å². The number of carbonyl (C=O) groups is 1. The minimum absolute atomic E-state index is 0.108. The van der Waals surface area contributed by atoms with Crippen molar-refractivity contribution in [1.29, 1.82) is 0 Å². The molecule has 0 spiro atoms. The summed E-state index contributed by atoms with van der Waals surface area (Å²) in [4.78, 5) is 12.5. The van der Waals surface area contributed by atoms with Gasteiger partial charge in [-0.15, -0.1) is 0 Å². The number of hydrogen-bond acceptors (Lipinski definition) is 1. The van der Waals surface area contributed by atoms with Gasteiger partial charge in [0, 0.05) is 11.1 Å². The van der Waals surface area contributed by atoms with Gasteiger partial charge in [-0.3, -0.25) is 4.79 Å². The van der Waals surface area contributed by atoms with Crippen LogP contribution >= 0.6 is 0 Å². The Labute approximate surface area is 114 Å². The van der Waals surface area contributed by atoms with E-state index >= 15 is 0 Å². The van der Waals surface area contributed by atoms with Crippen molar-refractivity contribution in [3.63, 3.8) is 0 Å². The number of carbonyl (C=O) groups excluding carboxylic acids is 1. The molecule has 1 nitrogen and oxygen atoms in total. The molecule has 2 aromatic rings. The first kappa shape index (κ1) is 13.3. The second kappa shape index (κ2) is 6.69. The second-order valence-electron chi connectivity index (χ2n) is 4.46. The van der Waals surface area contributed by atoms with Crippen LogP contribution in [0.3, 0.4) is 0 Å². The molecule has 1 heteroatoms. The van der Waals surface area contributed by atoms with E-state index in [-0.39, 0.29) is 5.78 Å². The molecule has 0 saturated carbocycles. The quantitative estimate of drug-likeness (QED) is 0.567. The number of hydrogen-bond donors (Lipinski definition) is 0. The molecule has 19 heavy (non-hydrogen) atoms. The van der Waals surface area contributed by atoms with Crippen LogP contribution in [0.5, 0.6) is 0 Å². The molecule has 0 aliphatic heterocycles. The molecule has 0 unspecified atom stereocenters. The first-order valence-corrected chi connectivity index (χ1v) is 6.61. The Hall–Kier alpha value is -2.15. The Balaban J connectivity index is 2.27. The van der Waals surface area contributed by atoms with Crippen LogP contribution in [-0.4, -0.2) is 5.78 Å². The van der Waals surface area contributed by atoms with Gasteiger partial charge in [-0.1, -0.05) is 66.7 Å². The van der Waals surface area contributed by atoms with E-state index in [1.807, 2.05) is 67.6 Å². The minimum Gasteiger partial charge on any atom is -0.289 e. The summed E-state index contributed by atoms with van der Waals surface area (Å²) in [5, 5.41) is 0. The average Bonchev–Trinajstić information content (AvgIpc) is 2.48. The lowest BCUT2D eigenvalue weighted by atomic mass is 9.96. The lowest BCUT2D eigenvalue weighted by Crippen LogP contribution is -2.05. The van der Waals surface area contributed by atoms with Crippen molar-refractivity contribution in [2.45, 2.75) is 19.8 Å². The molecule has 0 aliphatic carbocycles. The molecule has 0 aromatic heterocycles. The van der Waals surface area contributed by atoms with E-state index in [4.69, 9.17) is 0 Å². The van der Waals surface area contributed by atoms with Crippen LogP contribution in [0.25, 0.3) is 0 Å². The van der Waals surface area contributed by atoms with Gasteiger partial charge in [0.25, 0.3) is 0 Å². The van der Waals surface area contributed by atoms with Gasteiger partial charge in [-0.2, -0.15) is 0 Å². The Morgan fingerprint density at radius 1 is 1.00 bits per heavy atom. The van der Waals surface area contributed by atoms with Gasteiger partial charge in [0.15, 0.2) is 5.78 Å². The fourth-order valence-electron chi connectivity index (χ4n) is 2.11. The zero-order valence-electron chi connectivity index (χ0n) is 11.2. The Morgan fingerprint density at radius 2 is 1.68 bits per heavy atom. The standard InChI is InChI=1S/C18H18O/c1-2-3-5-10-15-11-8-9-14-17(15)18(19)16-12-6-4-7-13-16/h2-4,6-9,11-14H,5,10H2,1H3/b3-2+. The van der Waals surface area contributed by atoms with Crippen molar-refractivity contribution in [2.24, 2.45) is 0 Å². The predicted octanol–water partition coefficient (Wildman–Crippen LogP) is 4.43. The summed E-state index contributed by atoms with van der Waals surface area (Å²) in [7, 11) is 0. The highest BCUT2D eigenvalue weighted by Gasteiger charge is 2.11. The molecule has 0 heterocycles. The van der Waals surface area contributed by atoms with E-state index in [2.05, 4.69) is 6.08 Å². The maximum Gasteiger partial charge on any atom is 0.193 e. The number of allylic oxidation sites excluding steroid dienone is 2. The summed E-state index contributed by atoms with van der Waals surface area (Å²) in [6.07, 6.45) is 6.04. The molecule has 0 amide bonds. The summed E-state index contributed by atoms with van der Waals surface area (Å²) in [6, 6.07) is 17.3. The maximum absolute atomic E-state index is 12.5. The Bertz CT molecular complexity index is 567. The van der Waals surface area contributed by atoms with Gasteiger partial charge in [0.05, 0.1) is 0 Å². The first-order chi connectivity index (χ1) is 9.33. The average molecular weight is 250 g/mol. The van der Waals surface area contributed by atoms with Crippen molar-refractivity contribution < 1.29 is 4.79 Å². The molecule has 0 bridgehead atoms. The summed E-state index contributed by atoms with van der Waals surface area (Å²) < 4.78 is 0. The lowest BCUT2D eigenvalue weighted by molar-refractivity contribution is 0.103. The molecular weight excluding hydrogens is 232 g/mol. The summed E-state index contributed by atoms with van der Waals surface area (Å²) in [5.41, 5.74) is 2.69. The minimum atomic E-state index is 0.108. The van der Waals surface area contributed by atoms with E-state index in [9.17, 15) is 4.79 Å². The number of benzene rings is 2. The normalized spacial score (nSPS) is 10.8. The molecule has 0 saturated heterocycles. The molecular formula is C18H18O. The molecule has 0 N–H and O–H groups in total. The first-order valence-electron chi connectivity index (χ1n) is 6.61. The highest BCUT2D eigenvalue weighted by molar-refractivity contribution is 6.09. The fraction of sp³-hybridized carbons (Fsp3) is 0.167. The largest absolute Gasteiger partial charge is 0.289 e. The number of aryl methyl sites for hydroxylation is 1. The molecule has 0 atom stereocenters. The number of ketones is 1. The summed E-state index contributed by atoms with van der Waals surface area (Å²) in [5.74, 6) is 0.108. The molecule has 0 aliphatic rings. The molecule has 2 aromatic carbocycles. The van der Waals surface area contributed by atoms with E-state index in [1.54, 1.807) is 0 Å². The summed E-state index contributed by atoms with van der Waals surface area (Å²) in [6.45, 7) is 2.01. The zero-order chi connectivity index (χ0) is 13.5. The van der Waals surface area contributed by atoms with Gasteiger partial charge in [0.2, 0.25) is 0 Å². The third kappa shape index (κ3) is 3.41. The topological polar surface area (TPSA) is 17.1 Å². The molecule has 2 rings (SSSR count). The SMILES string of the molecule is C/C=C/CCc1ccccc1C(=O)c1ccccc1. The van der Waals surface area contributed by atoms with E-state index in [1.165, 1.54) is 0 Å². The highest BCUT2D eigenvalue weighted by Crippen LogP contribution is 2.16. The van der Waals surface area contributed by atoms with Crippen molar-refractivity contribution >= 4 is 5.78 Å². The van der Waals surface area contributed by atoms with Crippen molar-refractivity contribution in [3.8, 4) is 0 Å². The van der Waals surface area contributed by atoms with Gasteiger partial charge < -0.3 is 0 Å². The Morgan fingerprint density at radius 3 is 2.42 bits per heavy atom. The van der Waals surface area contributed by atoms with E-state index < -0.39 is 0 Å². The zero-order valence-corrected chi connectivity index (χ0v) is 11.2. The number of rotatable bonds is 5. The second-order valence-corrected chi connectivity index (χ2v) is 4.46. The van der Waals surface area contributed by atoms with Crippen LogP contribution in [0.15, 0.2) is 66.7 Å². The summed E-state index contributed by atoms with van der Waals surface area (Å²) >= 11 is 0. The van der Waals surface area contributed by atoms with Crippen molar-refractivity contribution in [1.82, 2.24) is 0 Å². The van der Waals surface area contributed by atoms with Crippen LogP contribution < -0.4 is 0 Å². The van der Waals surface area contributed by atoms with Gasteiger partial charge >= 0.3 is 0 Å². The van der Waals surface area contributed by atoms with Gasteiger partial charge in [-0.05, 0) is 25.3 Å². The molecule has 96 valence electrons. The molecule has 0 radical (unpaired) electrons. The predicted molar refractivity (Wildman–Crippen MR) is 79.5 cm³/mol. The Kier molecular flexibility index (Phi) is 4.68. The van der Waals surface area contributed by atoms with Gasteiger partial charge in [0.1, 0.15) is 0 Å². The third-order valence-corrected chi connectivity index (χ3v) is 3.11. The third-order valence-electron chi connectivity index (χ3n) is 3.11. The lowest BCUT2D eigenvalue weighted by Gasteiger charge is -2.07. The monoisotopic (exact) mass is 250 g/mol. The highest BCUT2D eigenvalue weighted by atomic mass is 16.1. The molecule has 0 fully saturated rings. The maximum atomic E-state index is 12.5. The van der Waals surface area contributed by atoms with Crippen LogP contribution in [0.4, 0.5) is 0 Å². The van der Waals surface area contributed by atoms with Crippen LogP contribution in [0, 0.1) is 0 Å². The van der Waals surface area contributed by atoms with Crippen molar-refractivity contribution in [2.75, 3.05) is 0 Å². The fourth-order valence-corrected chi connectivity index (χ4v) is 2.11. The smallest absolute Gasteiger partial charge is 0.193 e. The van der Waals surface area contributed by atoms with Crippen LogP contribution in [0.1, 0.15) is 34.8 Å². The van der Waals surface area contributed by atoms with E-state index in [0.29, 0.717) is 0 Å². The van der Waals surface area contributed by atoms with Gasteiger partial charge in [-0.25, -0.2) is 0 Å². The van der Waals surface area contributed by atoms with Crippen LogP contribution in [0.2, 0.25) is 0 Å². The van der Waals surface area contributed by atoms with Crippen molar-refractivity contribution in [3.05, 3.63) is 83.4 Å².